The van der Waals surface area contributed by atoms with Crippen molar-refractivity contribution in [2.75, 3.05) is 39.8 Å². The summed E-state index contributed by atoms with van der Waals surface area (Å²) in [7, 11) is 1.70. The number of nitrogens with zero attached hydrogens (tertiary/aromatic N) is 2. The number of likely N-dealkylation sites (tertiary alicyclic amines) is 1. The molecule has 4 aliphatic rings. The molecule has 1 N–H and O–H groups in total. The molecule has 4 heterocycles. The maximum atomic E-state index is 13.8. The van der Waals surface area contributed by atoms with Gasteiger partial charge >= 0.3 is 0 Å². The number of benzene rings is 1. The van der Waals surface area contributed by atoms with Crippen LogP contribution in [0.1, 0.15) is 37.3 Å². The molecule has 0 aliphatic carbocycles. The molecular weight excluding hydrogens is 326 g/mol. The van der Waals surface area contributed by atoms with Crippen LogP contribution in [0.4, 0.5) is 0 Å². The van der Waals surface area contributed by atoms with Crippen LogP contribution in [0.5, 0.6) is 5.75 Å². The van der Waals surface area contributed by atoms with Crippen LogP contribution in [0.15, 0.2) is 24.3 Å². The Morgan fingerprint density at radius 3 is 2.58 bits per heavy atom. The zero-order chi connectivity index (χ0) is 17.7. The van der Waals surface area contributed by atoms with Crippen LogP contribution in [-0.4, -0.2) is 61.1 Å². The molecule has 0 saturated carbocycles. The predicted octanol–water partition coefficient (Wildman–Crippen LogP) is 2.04. The van der Waals surface area contributed by atoms with Crippen molar-refractivity contribution < 1.29 is 9.53 Å². The second-order valence-electron chi connectivity index (χ2n) is 8.48. The first-order valence-corrected chi connectivity index (χ1v) is 10.1. The summed E-state index contributed by atoms with van der Waals surface area (Å²) in [6.07, 6.45) is 4.43. The fourth-order valence-electron chi connectivity index (χ4n) is 6.08. The Kier molecular flexibility index (Phi) is 3.98. The maximum absolute atomic E-state index is 13.8. The summed E-state index contributed by atoms with van der Waals surface area (Å²) in [6.45, 7) is 5.16. The van der Waals surface area contributed by atoms with Crippen molar-refractivity contribution in [2.45, 2.75) is 37.3 Å². The van der Waals surface area contributed by atoms with Gasteiger partial charge in [-0.25, -0.2) is 0 Å². The van der Waals surface area contributed by atoms with Gasteiger partial charge in [0.2, 0.25) is 5.91 Å². The SMILES string of the molecule is COc1ccc([C@H]2[C@H]3CNC[C@H]3CN2C(=O)C23CCCN2CCC3)cc1. The Hall–Kier alpha value is -1.59. The molecule has 5 nitrogen and oxygen atoms in total. The number of carbonyl (C=O) groups is 1. The number of ether oxygens (including phenoxy) is 1. The van der Waals surface area contributed by atoms with E-state index in [-0.39, 0.29) is 11.6 Å². The molecule has 26 heavy (non-hydrogen) atoms. The lowest BCUT2D eigenvalue weighted by Gasteiger charge is -2.38. The van der Waals surface area contributed by atoms with Crippen LogP contribution < -0.4 is 10.1 Å². The topological polar surface area (TPSA) is 44.8 Å². The first kappa shape index (κ1) is 16.6. The Morgan fingerprint density at radius 2 is 1.88 bits per heavy atom. The van der Waals surface area contributed by atoms with Gasteiger partial charge in [-0.3, -0.25) is 9.69 Å². The molecule has 4 saturated heterocycles. The van der Waals surface area contributed by atoms with Gasteiger partial charge in [-0.15, -0.1) is 0 Å². The number of rotatable bonds is 3. The number of carbonyl (C=O) groups excluding carboxylic acids is 1. The molecule has 1 aromatic carbocycles. The van der Waals surface area contributed by atoms with Crippen LogP contribution in [0.3, 0.4) is 0 Å². The number of nitrogens with one attached hydrogen (secondary N) is 1. The van der Waals surface area contributed by atoms with E-state index >= 15 is 0 Å². The zero-order valence-corrected chi connectivity index (χ0v) is 15.6. The minimum atomic E-state index is -0.198. The minimum Gasteiger partial charge on any atom is -0.497 e. The molecule has 1 aromatic rings. The van der Waals surface area contributed by atoms with Crippen LogP contribution in [0.2, 0.25) is 0 Å². The first-order valence-electron chi connectivity index (χ1n) is 10.1. The highest BCUT2D eigenvalue weighted by Gasteiger charge is 2.56. The summed E-state index contributed by atoms with van der Waals surface area (Å²) in [5.41, 5.74) is 1.06. The van der Waals surface area contributed by atoms with Gasteiger partial charge in [0.05, 0.1) is 13.2 Å². The second-order valence-corrected chi connectivity index (χ2v) is 8.48. The number of hydrogen-bond acceptors (Lipinski definition) is 4. The molecule has 0 bridgehead atoms. The van der Waals surface area contributed by atoms with E-state index in [0.29, 0.717) is 17.7 Å². The van der Waals surface area contributed by atoms with Gasteiger partial charge in [-0.05, 0) is 62.4 Å². The van der Waals surface area contributed by atoms with E-state index in [1.165, 1.54) is 18.4 Å². The molecule has 0 aromatic heterocycles. The lowest BCUT2D eigenvalue weighted by atomic mass is 9.88. The first-order chi connectivity index (χ1) is 12.7. The third kappa shape index (κ3) is 2.33. The summed E-state index contributed by atoms with van der Waals surface area (Å²) in [5.74, 6) is 2.39. The fourth-order valence-corrected chi connectivity index (χ4v) is 6.08. The number of methoxy groups -OCH3 is 1. The lowest BCUT2D eigenvalue weighted by molar-refractivity contribution is -0.143. The number of fused-ring (bicyclic) bond motifs is 2. The molecule has 0 unspecified atom stereocenters. The highest BCUT2D eigenvalue weighted by molar-refractivity contribution is 5.88. The van der Waals surface area contributed by atoms with Gasteiger partial charge in [0.25, 0.3) is 0 Å². The fraction of sp³-hybridized carbons (Fsp3) is 0.667. The van der Waals surface area contributed by atoms with Gasteiger partial charge in [-0.1, -0.05) is 12.1 Å². The van der Waals surface area contributed by atoms with E-state index in [1.54, 1.807) is 7.11 Å². The standard InChI is InChI=1S/C21H29N3O2/c1-26-17-6-4-15(5-7-17)19-18-13-22-12-16(18)14-24(19)20(25)21-8-2-10-23(21)11-3-9-21/h4-7,16,18-19,22H,2-3,8-14H2,1H3/t16-,18-,19-/m0/s1. The summed E-state index contributed by atoms with van der Waals surface area (Å²) in [6, 6.07) is 8.57. The van der Waals surface area contributed by atoms with Crippen molar-refractivity contribution in [3.05, 3.63) is 29.8 Å². The lowest BCUT2D eigenvalue weighted by Crippen LogP contribution is -2.53. The van der Waals surface area contributed by atoms with Crippen LogP contribution >= 0.6 is 0 Å². The van der Waals surface area contributed by atoms with Crippen molar-refractivity contribution in [3.63, 3.8) is 0 Å². The van der Waals surface area contributed by atoms with Crippen LogP contribution in [0.25, 0.3) is 0 Å². The Balaban J connectivity index is 1.49. The van der Waals surface area contributed by atoms with E-state index in [0.717, 1.165) is 51.3 Å². The Bertz CT molecular complexity index is 679. The molecule has 0 radical (unpaired) electrons. The molecule has 4 fully saturated rings. The zero-order valence-electron chi connectivity index (χ0n) is 15.6. The van der Waals surface area contributed by atoms with Gasteiger partial charge in [0.15, 0.2) is 0 Å². The van der Waals surface area contributed by atoms with E-state index in [1.807, 2.05) is 12.1 Å². The van der Waals surface area contributed by atoms with Crippen molar-refractivity contribution >= 4 is 5.91 Å². The van der Waals surface area contributed by atoms with E-state index < -0.39 is 0 Å². The molecule has 140 valence electrons. The van der Waals surface area contributed by atoms with Gasteiger partial charge in [0.1, 0.15) is 11.3 Å². The molecule has 0 spiro atoms. The quantitative estimate of drug-likeness (QED) is 0.901. The van der Waals surface area contributed by atoms with Gasteiger partial charge < -0.3 is 15.0 Å². The Morgan fingerprint density at radius 1 is 1.15 bits per heavy atom. The van der Waals surface area contributed by atoms with E-state index in [9.17, 15) is 4.79 Å². The van der Waals surface area contributed by atoms with Gasteiger partial charge in [0, 0.05) is 25.6 Å². The predicted molar refractivity (Wildman–Crippen MR) is 100 cm³/mol. The van der Waals surface area contributed by atoms with Crippen LogP contribution in [0, 0.1) is 11.8 Å². The Labute approximate surface area is 155 Å². The molecule has 5 heteroatoms. The molecule has 1 amide bonds. The van der Waals surface area contributed by atoms with Crippen molar-refractivity contribution in [1.29, 1.82) is 0 Å². The third-order valence-electron chi connectivity index (χ3n) is 7.32. The molecular formula is C21H29N3O2. The van der Waals surface area contributed by atoms with Crippen molar-refractivity contribution in [2.24, 2.45) is 11.8 Å². The molecule has 3 atom stereocenters. The van der Waals surface area contributed by atoms with Gasteiger partial charge in [-0.2, -0.15) is 0 Å². The third-order valence-corrected chi connectivity index (χ3v) is 7.32. The average Bonchev–Trinajstić information content (AvgIpc) is 3.40. The van der Waals surface area contributed by atoms with Crippen LogP contribution in [-0.2, 0) is 4.79 Å². The number of hydrogen-bond donors (Lipinski definition) is 1. The largest absolute Gasteiger partial charge is 0.497 e. The molecule has 5 rings (SSSR count). The minimum absolute atomic E-state index is 0.198. The summed E-state index contributed by atoms with van der Waals surface area (Å²) >= 11 is 0. The maximum Gasteiger partial charge on any atom is 0.243 e. The normalized spacial score (nSPS) is 32.7. The van der Waals surface area contributed by atoms with Crippen molar-refractivity contribution in [1.82, 2.24) is 15.1 Å². The van der Waals surface area contributed by atoms with E-state index in [2.05, 4.69) is 27.2 Å². The summed E-state index contributed by atoms with van der Waals surface area (Å²) in [4.78, 5) is 18.6. The summed E-state index contributed by atoms with van der Waals surface area (Å²) in [5, 5.41) is 3.55. The monoisotopic (exact) mass is 355 g/mol. The highest BCUT2D eigenvalue weighted by Crippen LogP contribution is 2.47. The summed E-state index contributed by atoms with van der Waals surface area (Å²) < 4.78 is 5.33. The number of amides is 1. The smallest absolute Gasteiger partial charge is 0.243 e. The second kappa shape index (κ2) is 6.24. The van der Waals surface area contributed by atoms with E-state index in [4.69, 9.17) is 4.74 Å². The average molecular weight is 355 g/mol. The molecule has 4 aliphatic heterocycles. The highest BCUT2D eigenvalue weighted by atomic mass is 16.5. The van der Waals surface area contributed by atoms with Crippen molar-refractivity contribution in [3.8, 4) is 5.75 Å².